The van der Waals surface area contributed by atoms with E-state index in [4.69, 9.17) is 5.11 Å². The molecule has 0 bridgehead atoms. The van der Waals surface area contributed by atoms with E-state index in [1.807, 2.05) is 19.2 Å². The SMILES string of the molecule is CCC(CNC(=O)NCCc1csc(C)n1)CC(=O)O. The van der Waals surface area contributed by atoms with Crippen LogP contribution >= 0.6 is 11.3 Å². The first kappa shape index (κ1) is 16.4. The van der Waals surface area contributed by atoms with Gasteiger partial charge >= 0.3 is 12.0 Å². The zero-order valence-electron chi connectivity index (χ0n) is 11.8. The van der Waals surface area contributed by atoms with E-state index in [0.29, 0.717) is 19.5 Å². The minimum atomic E-state index is -0.835. The second-order valence-electron chi connectivity index (χ2n) is 4.62. The number of thiazole rings is 1. The molecule has 1 atom stereocenters. The molecule has 0 radical (unpaired) electrons. The number of hydrogen-bond acceptors (Lipinski definition) is 4. The molecule has 0 aliphatic rings. The van der Waals surface area contributed by atoms with Gasteiger partial charge in [-0.05, 0) is 12.8 Å². The highest BCUT2D eigenvalue weighted by atomic mass is 32.1. The number of aryl methyl sites for hydroxylation is 1. The van der Waals surface area contributed by atoms with Gasteiger partial charge < -0.3 is 15.7 Å². The highest BCUT2D eigenvalue weighted by Gasteiger charge is 2.12. The molecule has 7 heteroatoms. The minimum absolute atomic E-state index is 0.0283. The number of urea groups is 1. The molecule has 0 aliphatic carbocycles. The number of rotatable bonds is 8. The van der Waals surface area contributed by atoms with Crippen molar-refractivity contribution in [1.82, 2.24) is 15.6 Å². The summed E-state index contributed by atoms with van der Waals surface area (Å²) in [6, 6.07) is -0.263. The zero-order chi connectivity index (χ0) is 15.0. The first-order valence-corrected chi connectivity index (χ1v) is 7.53. The third-order valence-electron chi connectivity index (χ3n) is 2.93. The summed E-state index contributed by atoms with van der Waals surface area (Å²) in [4.78, 5) is 26.5. The molecule has 0 saturated carbocycles. The molecule has 0 spiro atoms. The molecule has 0 aliphatic heterocycles. The second-order valence-corrected chi connectivity index (χ2v) is 5.68. The maximum atomic E-state index is 11.6. The van der Waals surface area contributed by atoms with Crippen molar-refractivity contribution in [2.45, 2.75) is 33.1 Å². The molecule has 1 heterocycles. The molecule has 0 aromatic carbocycles. The van der Waals surface area contributed by atoms with Gasteiger partial charge in [-0.25, -0.2) is 9.78 Å². The Morgan fingerprint density at radius 2 is 2.20 bits per heavy atom. The number of nitrogens with zero attached hydrogens (tertiary/aromatic N) is 1. The van der Waals surface area contributed by atoms with Gasteiger partial charge in [-0.2, -0.15) is 0 Å². The smallest absolute Gasteiger partial charge is 0.314 e. The van der Waals surface area contributed by atoms with Crippen LogP contribution in [0.5, 0.6) is 0 Å². The maximum absolute atomic E-state index is 11.6. The van der Waals surface area contributed by atoms with E-state index >= 15 is 0 Å². The van der Waals surface area contributed by atoms with Crippen molar-refractivity contribution in [3.8, 4) is 0 Å². The third-order valence-corrected chi connectivity index (χ3v) is 3.75. The quantitative estimate of drug-likeness (QED) is 0.682. The van der Waals surface area contributed by atoms with Crippen LogP contribution in [0.3, 0.4) is 0 Å². The Kier molecular flexibility index (Phi) is 7.00. The van der Waals surface area contributed by atoms with E-state index in [9.17, 15) is 9.59 Å². The lowest BCUT2D eigenvalue weighted by atomic mass is 10.0. The third kappa shape index (κ3) is 6.51. The monoisotopic (exact) mass is 299 g/mol. The number of hydrogen-bond donors (Lipinski definition) is 3. The molecule has 1 aromatic heterocycles. The fourth-order valence-electron chi connectivity index (χ4n) is 1.73. The molecular weight excluding hydrogens is 278 g/mol. The second kappa shape index (κ2) is 8.52. The first-order valence-electron chi connectivity index (χ1n) is 6.65. The number of amides is 2. The van der Waals surface area contributed by atoms with Crippen molar-refractivity contribution >= 4 is 23.3 Å². The van der Waals surface area contributed by atoms with Gasteiger partial charge in [0.25, 0.3) is 0 Å². The van der Waals surface area contributed by atoms with Gasteiger partial charge in [0.15, 0.2) is 0 Å². The summed E-state index contributed by atoms with van der Waals surface area (Å²) in [6.45, 7) is 4.76. The summed E-state index contributed by atoms with van der Waals surface area (Å²) in [5.41, 5.74) is 0.977. The number of carbonyl (C=O) groups is 2. The average Bonchev–Trinajstić information content (AvgIpc) is 2.80. The summed E-state index contributed by atoms with van der Waals surface area (Å²) in [6.07, 6.45) is 1.50. The summed E-state index contributed by atoms with van der Waals surface area (Å²) in [5.74, 6) is -0.864. The zero-order valence-corrected chi connectivity index (χ0v) is 12.6. The van der Waals surface area contributed by atoms with Gasteiger partial charge in [0.1, 0.15) is 0 Å². The first-order chi connectivity index (χ1) is 9.51. The lowest BCUT2D eigenvalue weighted by Crippen LogP contribution is -2.39. The van der Waals surface area contributed by atoms with Crippen LogP contribution in [-0.2, 0) is 11.2 Å². The number of aliphatic carboxylic acids is 1. The fraction of sp³-hybridized carbons (Fsp3) is 0.615. The van der Waals surface area contributed by atoms with E-state index in [-0.39, 0.29) is 18.4 Å². The molecule has 112 valence electrons. The Hall–Kier alpha value is -1.63. The van der Waals surface area contributed by atoms with Gasteiger partial charge in [-0.1, -0.05) is 13.3 Å². The highest BCUT2D eigenvalue weighted by molar-refractivity contribution is 7.09. The predicted molar refractivity (Wildman–Crippen MR) is 78.0 cm³/mol. The van der Waals surface area contributed by atoms with E-state index in [2.05, 4.69) is 15.6 Å². The minimum Gasteiger partial charge on any atom is -0.481 e. The van der Waals surface area contributed by atoms with E-state index in [1.54, 1.807) is 11.3 Å². The Morgan fingerprint density at radius 1 is 1.45 bits per heavy atom. The highest BCUT2D eigenvalue weighted by Crippen LogP contribution is 2.08. The summed E-state index contributed by atoms with van der Waals surface area (Å²) in [7, 11) is 0. The summed E-state index contributed by atoms with van der Waals surface area (Å²) in [5, 5.41) is 17.2. The molecule has 1 rings (SSSR count). The fourth-order valence-corrected chi connectivity index (χ4v) is 2.38. The van der Waals surface area contributed by atoms with E-state index < -0.39 is 5.97 Å². The number of carboxylic acid groups (broad SMARTS) is 1. The van der Waals surface area contributed by atoms with Gasteiger partial charge in [-0.15, -0.1) is 11.3 Å². The number of carboxylic acids is 1. The van der Waals surface area contributed by atoms with Crippen molar-refractivity contribution < 1.29 is 14.7 Å². The van der Waals surface area contributed by atoms with Gasteiger partial charge in [0.2, 0.25) is 0 Å². The van der Waals surface area contributed by atoms with Crippen molar-refractivity contribution in [2.75, 3.05) is 13.1 Å². The van der Waals surface area contributed by atoms with Crippen LogP contribution in [0.4, 0.5) is 4.79 Å². The number of carbonyl (C=O) groups excluding carboxylic acids is 1. The lowest BCUT2D eigenvalue weighted by Gasteiger charge is -2.13. The van der Waals surface area contributed by atoms with Crippen LogP contribution in [-0.4, -0.2) is 35.2 Å². The molecule has 20 heavy (non-hydrogen) atoms. The Balaban J connectivity index is 2.18. The predicted octanol–water partition coefficient (Wildman–Crippen LogP) is 1.79. The maximum Gasteiger partial charge on any atom is 0.314 e. The van der Waals surface area contributed by atoms with Crippen LogP contribution in [0.15, 0.2) is 5.38 Å². The van der Waals surface area contributed by atoms with Crippen LogP contribution in [0.25, 0.3) is 0 Å². The van der Waals surface area contributed by atoms with Crippen molar-refractivity contribution in [3.63, 3.8) is 0 Å². The lowest BCUT2D eigenvalue weighted by molar-refractivity contribution is -0.138. The van der Waals surface area contributed by atoms with Gasteiger partial charge in [-0.3, -0.25) is 4.79 Å². The molecule has 0 fully saturated rings. The molecule has 2 amide bonds. The van der Waals surface area contributed by atoms with E-state index in [1.165, 1.54) is 0 Å². The number of nitrogens with one attached hydrogen (secondary N) is 2. The van der Waals surface area contributed by atoms with Crippen molar-refractivity contribution in [3.05, 3.63) is 16.1 Å². The largest absolute Gasteiger partial charge is 0.481 e. The topological polar surface area (TPSA) is 91.3 Å². The Labute approximate surface area is 122 Å². The standard InChI is InChI=1S/C13H21N3O3S/c1-3-10(6-12(17)18)7-15-13(19)14-5-4-11-8-20-9(2)16-11/h8,10H,3-7H2,1-2H3,(H,17,18)(H2,14,15,19). The average molecular weight is 299 g/mol. The summed E-state index contributed by atoms with van der Waals surface area (Å²) >= 11 is 1.59. The molecular formula is C13H21N3O3S. The molecule has 0 saturated heterocycles. The van der Waals surface area contributed by atoms with Crippen LogP contribution in [0.1, 0.15) is 30.5 Å². The normalized spacial score (nSPS) is 11.9. The molecule has 1 aromatic rings. The van der Waals surface area contributed by atoms with Gasteiger partial charge in [0, 0.05) is 31.3 Å². The summed E-state index contributed by atoms with van der Waals surface area (Å²) < 4.78 is 0. The molecule has 6 nitrogen and oxygen atoms in total. The van der Waals surface area contributed by atoms with Crippen LogP contribution in [0, 0.1) is 12.8 Å². The van der Waals surface area contributed by atoms with Crippen molar-refractivity contribution in [2.24, 2.45) is 5.92 Å². The van der Waals surface area contributed by atoms with Crippen LogP contribution in [0.2, 0.25) is 0 Å². The number of aromatic nitrogens is 1. The van der Waals surface area contributed by atoms with Gasteiger partial charge in [0.05, 0.1) is 10.7 Å². The Bertz CT molecular complexity index is 448. The Morgan fingerprint density at radius 3 is 2.75 bits per heavy atom. The molecule has 3 N–H and O–H groups in total. The molecule has 1 unspecified atom stereocenters. The van der Waals surface area contributed by atoms with Crippen molar-refractivity contribution in [1.29, 1.82) is 0 Å². The van der Waals surface area contributed by atoms with Crippen LogP contribution < -0.4 is 10.6 Å². The van der Waals surface area contributed by atoms with E-state index in [0.717, 1.165) is 17.1 Å².